The summed E-state index contributed by atoms with van der Waals surface area (Å²) in [4.78, 5) is 30.5. The first kappa shape index (κ1) is 21.4. The second kappa shape index (κ2) is 8.72. The highest BCUT2D eigenvalue weighted by atomic mass is 35.5. The summed E-state index contributed by atoms with van der Waals surface area (Å²) in [6.45, 7) is 7.62. The van der Waals surface area contributed by atoms with Crippen LogP contribution in [0.1, 0.15) is 45.1 Å². The van der Waals surface area contributed by atoms with Crippen LogP contribution in [-0.2, 0) is 11.2 Å². The molecule has 0 radical (unpaired) electrons. The Kier molecular flexibility index (Phi) is 6.21. The highest BCUT2D eigenvalue weighted by Gasteiger charge is 2.56. The van der Waals surface area contributed by atoms with Crippen LogP contribution in [0.25, 0.3) is 0 Å². The van der Waals surface area contributed by atoms with Crippen LogP contribution in [0.4, 0.5) is 4.79 Å². The van der Waals surface area contributed by atoms with Gasteiger partial charge in [0.25, 0.3) is 5.91 Å². The van der Waals surface area contributed by atoms with E-state index in [9.17, 15) is 9.59 Å². The number of nitrogens with zero attached hydrogens (tertiary/aromatic N) is 2. The zero-order valence-electron chi connectivity index (χ0n) is 18.0. The van der Waals surface area contributed by atoms with Crippen LogP contribution in [0.5, 0.6) is 0 Å². The Morgan fingerprint density at radius 1 is 1.20 bits per heavy atom. The lowest BCUT2D eigenvalue weighted by Crippen LogP contribution is -2.57. The second-order valence-corrected chi connectivity index (χ2v) is 9.62. The molecule has 6 heteroatoms. The lowest BCUT2D eigenvalue weighted by molar-refractivity contribution is -0.134. The first-order valence-corrected chi connectivity index (χ1v) is 11.5. The normalized spacial score (nSPS) is 26.4. The Hall–Kier alpha value is -1.85. The van der Waals surface area contributed by atoms with Crippen molar-refractivity contribution in [2.45, 2.75) is 51.5 Å². The fourth-order valence-corrected chi connectivity index (χ4v) is 5.08. The third-order valence-corrected chi connectivity index (χ3v) is 7.39. The number of nitrogens with one attached hydrogen (secondary N) is 1. The van der Waals surface area contributed by atoms with Crippen LogP contribution in [0.3, 0.4) is 0 Å². The van der Waals surface area contributed by atoms with Gasteiger partial charge < -0.3 is 5.32 Å². The minimum atomic E-state index is -0.890. The van der Waals surface area contributed by atoms with Crippen LogP contribution in [0.15, 0.2) is 35.9 Å². The molecule has 0 bridgehead atoms. The van der Waals surface area contributed by atoms with E-state index < -0.39 is 5.54 Å². The van der Waals surface area contributed by atoms with Crippen LogP contribution in [0.2, 0.25) is 5.02 Å². The van der Waals surface area contributed by atoms with E-state index in [-0.39, 0.29) is 17.9 Å². The van der Waals surface area contributed by atoms with Gasteiger partial charge >= 0.3 is 6.03 Å². The third kappa shape index (κ3) is 4.28. The molecule has 2 heterocycles. The number of allylic oxidation sites excluding steroid dienone is 1. The molecule has 3 fully saturated rings. The summed E-state index contributed by atoms with van der Waals surface area (Å²) < 4.78 is 0. The Morgan fingerprint density at radius 3 is 2.53 bits per heavy atom. The van der Waals surface area contributed by atoms with E-state index in [2.05, 4.69) is 30.1 Å². The van der Waals surface area contributed by atoms with Gasteiger partial charge in [0.05, 0.1) is 0 Å². The second-order valence-electron chi connectivity index (χ2n) is 9.21. The van der Waals surface area contributed by atoms with Gasteiger partial charge in [0.1, 0.15) is 5.54 Å². The number of amides is 3. The molecule has 1 aromatic rings. The number of hydrogen-bond acceptors (Lipinski definition) is 3. The standard InChI is InChI=1S/C24H32ClN3O2/c1-3-17(2)15-27-12-10-20(11-13-27)24(14-19-6-4-5-7-21(19)25)22(29)28(23(30)26-24)16-18-8-9-18/h3-7,18,20H,8-16H2,1-2H3,(H,26,30)/b17-3+. The summed E-state index contributed by atoms with van der Waals surface area (Å²) in [6.07, 6.45) is 6.61. The smallest absolute Gasteiger partial charge is 0.322 e. The fourth-order valence-electron chi connectivity index (χ4n) is 4.88. The Bertz CT molecular complexity index is 843. The van der Waals surface area contributed by atoms with E-state index in [4.69, 9.17) is 11.6 Å². The molecular weight excluding hydrogens is 398 g/mol. The molecule has 1 unspecified atom stereocenters. The number of halogens is 1. The van der Waals surface area contributed by atoms with E-state index in [1.54, 1.807) is 0 Å². The molecule has 0 aromatic heterocycles. The van der Waals surface area contributed by atoms with Gasteiger partial charge in [0, 0.05) is 24.5 Å². The van der Waals surface area contributed by atoms with Crippen molar-refractivity contribution >= 4 is 23.5 Å². The number of carbonyl (C=O) groups excluding carboxylic acids is 2. The largest absolute Gasteiger partial charge is 0.325 e. The van der Waals surface area contributed by atoms with Crippen molar-refractivity contribution in [2.24, 2.45) is 11.8 Å². The summed E-state index contributed by atoms with van der Waals surface area (Å²) in [5.74, 6) is 0.528. The third-order valence-electron chi connectivity index (χ3n) is 7.02. The van der Waals surface area contributed by atoms with E-state index >= 15 is 0 Å². The Balaban J connectivity index is 1.58. The van der Waals surface area contributed by atoms with Gasteiger partial charge in [-0.25, -0.2) is 4.79 Å². The lowest BCUT2D eigenvalue weighted by Gasteiger charge is -2.41. The number of piperidine rings is 1. The van der Waals surface area contributed by atoms with Crippen molar-refractivity contribution in [3.63, 3.8) is 0 Å². The molecule has 1 aliphatic carbocycles. The van der Waals surface area contributed by atoms with Gasteiger partial charge in [-0.3, -0.25) is 14.6 Å². The molecule has 3 aliphatic rings. The van der Waals surface area contributed by atoms with Gasteiger partial charge in [-0.15, -0.1) is 0 Å². The molecule has 30 heavy (non-hydrogen) atoms. The molecule has 3 amide bonds. The molecule has 162 valence electrons. The van der Waals surface area contributed by atoms with Crippen molar-refractivity contribution in [3.8, 4) is 0 Å². The summed E-state index contributed by atoms with van der Waals surface area (Å²) in [7, 11) is 0. The topological polar surface area (TPSA) is 52.7 Å². The van der Waals surface area contributed by atoms with Crippen LogP contribution < -0.4 is 5.32 Å². The minimum Gasteiger partial charge on any atom is -0.322 e. The molecule has 0 spiro atoms. The number of imide groups is 1. The van der Waals surface area contributed by atoms with Crippen LogP contribution >= 0.6 is 11.6 Å². The zero-order chi connectivity index (χ0) is 21.3. The van der Waals surface area contributed by atoms with Crippen molar-refractivity contribution in [3.05, 3.63) is 46.5 Å². The number of benzene rings is 1. The maximum absolute atomic E-state index is 13.7. The highest BCUT2D eigenvalue weighted by Crippen LogP contribution is 2.39. The van der Waals surface area contributed by atoms with Crippen LogP contribution in [0, 0.1) is 11.8 Å². The minimum absolute atomic E-state index is 0.0533. The van der Waals surface area contributed by atoms with Crippen molar-refractivity contribution < 1.29 is 9.59 Å². The predicted octanol–water partition coefficient (Wildman–Crippen LogP) is 4.26. The molecule has 4 rings (SSSR count). The molecule has 5 nitrogen and oxygen atoms in total. The fraction of sp³-hybridized carbons (Fsp3) is 0.583. The molecule has 1 N–H and O–H groups in total. The van der Waals surface area contributed by atoms with Crippen molar-refractivity contribution in [1.82, 2.24) is 15.1 Å². The Morgan fingerprint density at radius 2 is 1.90 bits per heavy atom. The first-order valence-electron chi connectivity index (χ1n) is 11.1. The van der Waals surface area contributed by atoms with E-state index in [0.29, 0.717) is 23.9 Å². The van der Waals surface area contributed by atoms with Gasteiger partial charge in [-0.05, 0) is 76.1 Å². The van der Waals surface area contributed by atoms with E-state index in [1.807, 2.05) is 24.3 Å². The highest BCUT2D eigenvalue weighted by molar-refractivity contribution is 6.31. The zero-order valence-corrected chi connectivity index (χ0v) is 18.8. The van der Waals surface area contributed by atoms with Crippen molar-refractivity contribution in [2.75, 3.05) is 26.2 Å². The molecule has 2 saturated heterocycles. The summed E-state index contributed by atoms with van der Waals surface area (Å²) in [5, 5.41) is 3.81. The first-order chi connectivity index (χ1) is 14.4. The van der Waals surface area contributed by atoms with Crippen molar-refractivity contribution in [1.29, 1.82) is 0 Å². The predicted molar refractivity (Wildman–Crippen MR) is 119 cm³/mol. The number of urea groups is 1. The molecule has 1 aromatic carbocycles. The van der Waals surface area contributed by atoms with E-state index in [0.717, 1.165) is 50.9 Å². The number of likely N-dealkylation sites (tertiary alicyclic amines) is 1. The monoisotopic (exact) mass is 429 g/mol. The van der Waals surface area contributed by atoms with Gasteiger partial charge in [0.15, 0.2) is 0 Å². The average Bonchev–Trinajstić information content (AvgIpc) is 3.53. The van der Waals surface area contributed by atoms with Gasteiger partial charge in [-0.2, -0.15) is 0 Å². The summed E-state index contributed by atoms with van der Waals surface area (Å²) >= 11 is 6.46. The lowest BCUT2D eigenvalue weighted by atomic mass is 9.73. The molecule has 2 aliphatic heterocycles. The summed E-state index contributed by atoms with van der Waals surface area (Å²) in [6, 6.07) is 7.44. The quantitative estimate of drug-likeness (QED) is 0.520. The van der Waals surface area contributed by atoms with Gasteiger partial charge in [-0.1, -0.05) is 41.4 Å². The maximum Gasteiger partial charge on any atom is 0.325 e. The number of carbonyl (C=O) groups is 2. The SMILES string of the molecule is C/C=C(\C)CN1CCC(C2(Cc3ccccc3Cl)NC(=O)N(CC3CC3)C2=O)CC1. The number of rotatable bonds is 7. The molecule has 1 saturated carbocycles. The molecular formula is C24H32ClN3O2. The van der Waals surface area contributed by atoms with Crippen LogP contribution in [-0.4, -0.2) is 53.5 Å². The molecule has 1 atom stereocenters. The average molecular weight is 430 g/mol. The number of hydrogen-bond donors (Lipinski definition) is 1. The summed E-state index contributed by atoms with van der Waals surface area (Å²) in [5.41, 5.74) is 1.40. The Labute approximate surface area is 184 Å². The van der Waals surface area contributed by atoms with Gasteiger partial charge in [0.2, 0.25) is 0 Å². The van der Waals surface area contributed by atoms with E-state index in [1.165, 1.54) is 10.5 Å². The maximum atomic E-state index is 13.7.